The van der Waals surface area contributed by atoms with Gasteiger partial charge in [-0.2, -0.15) is 0 Å². The van der Waals surface area contributed by atoms with Gasteiger partial charge in [0.2, 0.25) is 5.78 Å². The third-order valence-corrected chi connectivity index (χ3v) is 4.13. The van der Waals surface area contributed by atoms with E-state index < -0.39 is 11.8 Å². The number of benzene rings is 2. The summed E-state index contributed by atoms with van der Waals surface area (Å²) in [5.74, 6) is -0.888. The molecular formula is C19H14ClFO5. The molecule has 26 heavy (non-hydrogen) atoms. The van der Waals surface area contributed by atoms with E-state index in [0.717, 1.165) is 0 Å². The zero-order valence-corrected chi connectivity index (χ0v) is 14.7. The number of methoxy groups -OCH3 is 1. The summed E-state index contributed by atoms with van der Waals surface area (Å²) in [6, 6.07) is 7.35. The van der Waals surface area contributed by atoms with Crippen molar-refractivity contribution in [1.29, 1.82) is 0 Å². The van der Waals surface area contributed by atoms with Crippen LogP contribution < -0.4 is 9.47 Å². The first-order chi connectivity index (χ1) is 12.4. The van der Waals surface area contributed by atoms with Crippen LogP contribution in [0.3, 0.4) is 0 Å². The van der Waals surface area contributed by atoms with Crippen LogP contribution in [0.15, 0.2) is 36.1 Å². The van der Waals surface area contributed by atoms with Crippen molar-refractivity contribution in [3.8, 4) is 11.5 Å². The number of ketones is 1. The molecule has 5 nitrogen and oxygen atoms in total. The zero-order chi connectivity index (χ0) is 18.8. The van der Waals surface area contributed by atoms with Gasteiger partial charge in [-0.3, -0.25) is 4.79 Å². The van der Waals surface area contributed by atoms with Gasteiger partial charge in [-0.1, -0.05) is 17.7 Å². The predicted octanol–water partition coefficient (Wildman–Crippen LogP) is 3.96. The van der Waals surface area contributed by atoms with E-state index in [4.69, 9.17) is 21.1 Å². The van der Waals surface area contributed by atoms with Gasteiger partial charge in [-0.15, -0.1) is 0 Å². The summed E-state index contributed by atoms with van der Waals surface area (Å²) in [6.07, 6.45) is 1.27. The van der Waals surface area contributed by atoms with Crippen LogP contribution in [0.25, 0.3) is 6.08 Å². The molecule has 0 fully saturated rings. The van der Waals surface area contributed by atoms with Crippen molar-refractivity contribution >= 4 is 29.4 Å². The number of rotatable bonds is 4. The normalized spacial score (nSPS) is 14.2. The van der Waals surface area contributed by atoms with Gasteiger partial charge in [0.15, 0.2) is 12.4 Å². The monoisotopic (exact) mass is 376 g/mol. The zero-order valence-electron chi connectivity index (χ0n) is 14.0. The van der Waals surface area contributed by atoms with Crippen molar-refractivity contribution in [1.82, 2.24) is 0 Å². The maximum Gasteiger partial charge on any atom is 0.343 e. The number of ether oxygens (including phenoxy) is 3. The lowest BCUT2D eigenvalue weighted by molar-refractivity contribution is -0.142. The van der Waals surface area contributed by atoms with Crippen LogP contribution in [-0.4, -0.2) is 25.5 Å². The van der Waals surface area contributed by atoms with Gasteiger partial charge in [-0.05, 0) is 36.8 Å². The summed E-state index contributed by atoms with van der Waals surface area (Å²) in [6.45, 7) is 1.44. The molecule has 0 spiro atoms. The SMILES string of the molecule is COC(=O)COc1cc(C)c2c(c1)O/C(=C\c1c(F)cccc1Cl)C2=O. The Morgan fingerprint density at radius 1 is 1.35 bits per heavy atom. The highest BCUT2D eigenvalue weighted by molar-refractivity contribution is 6.32. The first kappa shape index (κ1) is 17.9. The van der Waals surface area contributed by atoms with Crippen molar-refractivity contribution in [2.45, 2.75) is 6.92 Å². The van der Waals surface area contributed by atoms with Crippen molar-refractivity contribution in [3.05, 3.63) is 63.6 Å². The average Bonchev–Trinajstić information content (AvgIpc) is 2.92. The van der Waals surface area contributed by atoms with Crippen molar-refractivity contribution in [2.24, 2.45) is 0 Å². The molecule has 134 valence electrons. The molecule has 1 aliphatic heterocycles. The number of Topliss-reactive ketones (excluding diaryl/α,β-unsaturated/α-hetero) is 1. The number of fused-ring (bicyclic) bond motifs is 1. The van der Waals surface area contributed by atoms with Gasteiger partial charge in [-0.25, -0.2) is 9.18 Å². The average molecular weight is 377 g/mol. The fourth-order valence-corrected chi connectivity index (χ4v) is 2.76. The highest BCUT2D eigenvalue weighted by Gasteiger charge is 2.30. The van der Waals surface area contributed by atoms with E-state index in [-0.39, 0.29) is 34.5 Å². The highest BCUT2D eigenvalue weighted by Crippen LogP contribution is 2.38. The molecule has 0 aliphatic carbocycles. The van der Waals surface area contributed by atoms with Gasteiger partial charge >= 0.3 is 5.97 Å². The number of aryl methyl sites for hydroxylation is 1. The summed E-state index contributed by atoms with van der Waals surface area (Å²) < 4.78 is 29.4. The molecule has 7 heteroatoms. The lowest BCUT2D eigenvalue weighted by atomic mass is 10.0. The number of hydrogen-bond acceptors (Lipinski definition) is 5. The second kappa shape index (κ2) is 7.17. The van der Waals surface area contributed by atoms with Crippen LogP contribution >= 0.6 is 11.6 Å². The van der Waals surface area contributed by atoms with Crippen LogP contribution in [0.2, 0.25) is 5.02 Å². The molecule has 0 aromatic heterocycles. The molecule has 0 atom stereocenters. The Balaban J connectivity index is 1.92. The molecule has 0 bridgehead atoms. The quantitative estimate of drug-likeness (QED) is 0.597. The van der Waals surface area contributed by atoms with Crippen LogP contribution in [-0.2, 0) is 9.53 Å². The Bertz CT molecular complexity index is 916. The number of esters is 1. The fourth-order valence-electron chi connectivity index (χ4n) is 2.54. The molecular weight excluding hydrogens is 363 g/mol. The molecule has 1 aliphatic rings. The minimum Gasteiger partial charge on any atom is -0.482 e. The van der Waals surface area contributed by atoms with Gasteiger partial charge in [0.25, 0.3) is 0 Å². The van der Waals surface area contributed by atoms with Gasteiger partial charge in [0.05, 0.1) is 17.7 Å². The Morgan fingerprint density at radius 2 is 2.12 bits per heavy atom. The van der Waals surface area contributed by atoms with E-state index in [1.54, 1.807) is 13.0 Å². The number of halogens is 2. The Labute approximate surface area is 153 Å². The van der Waals surface area contributed by atoms with Crippen molar-refractivity contribution < 1.29 is 28.2 Å². The number of hydrogen-bond donors (Lipinski definition) is 0. The van der Waals surface area contributed by atoms with Gasteiger partial charge in [0.1, 0.15) is 17.3 Å². The van der Waals surface area contributed by atoms with E-state index >= 15 is 0 Å². The third-order valence-electron chi connectivity index (χ3n) is 3.80. The standard InChI is InChI=1S/C19H14ClFO5/c1-10-6-11(25-9-17(22)24-2)7-15-18(10)19(23)16(26-15)8-12-13(20)4-3-5-14(12)21/h3-8H,9H2,1-2H3/b16-8-. The largest absolute Gasteiger partial charge is 0.482 e. The summed E-state index contributed by atoms with van der Waals surface area (Å²) in [5.41, 5.74) is 1.04. The summed E-state index contributed by atoms with van der Waals surface area (Å²) >= 11 is 5.99. The molecule has 0 unspecified atom stereocenters. The number of allylic oxidation sites excluding steroid dienone is 1. The second-order valence-electron chi connectivity index (χ2n) is 5.55. The van der Waals surface area contributed by atoms with Gasteiger partial charge in [0, 0.05) is 11.6 Å². The maximum absolute atomic E-state index is 14.0. The number of carbonyl (C=O) groups is 2. The Kier molecular flexibility index (Phi) is 4.95. The second-order valence-corrected chi connectivity index (χ2v) is 5.96. The van der Waals surface area contributed by atoms with E-state index in [2.05, 4.69) is 4.74 Å². The smallest absolute Gasteiger partial charge is 0.343 e. The Hall–Kier alpha value is -2.86. The van der Waals surface area contributed by atoms with E-state index in [0.29, 0.717) is 16.9 Å². The lowest BCUT2D eigenvalue weighted by Gasteiger charge is -2.08. The van der Waals surface area contributed by atoms with Crippen LogP contribution in [0.1, 0.15) is 21.5 Å². The van der Waals surface area contributed by atoms with E-state index in [9.17, 15) is 14.0 Å². The van der Waals surface area contributed by atoms with Crippen LogP contribution in [0, 0.1) is 12.7 Å². The van der Waals surface area contributed by atoms with Crippen LogP contribution in [0.5, 0.6) is 11.5 Å². The van der Waals surface area contributed by atoms with E-state index in [1.807, 2.05) is 0 Å². The molecule has 1 heterocycles. The first-order valence-corrected chi connectivity index (χ1v) is 8.01. The minimum absolute atomic E-state index is 0.0415. The van der Waals surface area contributed by atoms with Crippen LogP contribution in [0.4, 0.5) is 4.39 Å². The third kappa shape index (κ3) is 3.41. The summed E-state index contributed by atoms with van der Waals surface area (Å²) in [7, 11) is 1.26. The summed E-state index contributed by atoms with van der Waals surface area (Å²) in [4.78, 5) is 23.8. The highest BCUT2D eigenvalue weighted by atomic mass is 35.5. The molecule has 0 saturated heterocycles. The lowest BCUT2D eigenvalue weighted by Crippen LogP contribution is -2.12. The topological polar surface area (TPSA) is 61.8 Å². The summed E-state index contributed by atoms with van der Waals surface area (Å²) in [5, 5.41) is 0.170. The van der Waals surface area contributed by atoms with Gasteiger partial charge < -0.3 is 14.2 Å². The maximum atomic E-state index is 14.0. The Morgan fingerprint density at radius 3 is 2.81 bits per heavy atom. The first-order valence-electron chi connectivity index (χ1n) is 7.63. The van der Waals surface area contributed by atoms with E-state index in [1.165, 1.54) is 37.5 Å². The fraction of sp³-hybridized carbons (Fsp3) is 0.158. The molecule has 3 rings (SSSR count). The predicted molar refractivity (Wildman–Crippen MR) is 93.0 cm³/mol. The molecule has 2 aromatic carbocycles. The minimum atomic E-state index is -0.559. The molecule has 0 saturated carbocycles. The molecule has 0 amide bonds. The van der Waals surface area contributed by atoms with Crippen molar-refractivity contribution in [3.63, 3.8) is 0 Å². The molecule has 2 aromatic rings. The molecule has 0 radical (unpaired) electrons. The molecule has 0 N–H and O–H groups in total. The van der Waals surface area contributed by atoms with Crippen molar-refractivity contribution in [2.75, 3.05) is 13.7 Å². The number of carbonyl (C=O) groups excluding carboxylic acids is 2.